The van der Waals surface area contributed by atoms with Crippen molar-refractivity contribution < 1.29 is 17.5 Å². The van der Waals surface area contributed by atoms with Gasteiger partial charge in [0.25, 0.3) is 0 Å². The van der Waals surface area contributed by atoms with Gasteiger partial charge in [0.05, 0.1) is 16.8 Å². The van der Waals surface area contributed by atoms with Crippen LogP contribution in [0.2, 0.25) is 5.02 Å². The number of rotatable bonds is 5. The predicted molar refractivity (Wildman–Crippen MR) is 100 cm³/mol. The Hall–Kier alpha value is -1.44. The Bertz CT molecular complexity index is 975. The maximum Gasteiger partial charge on any atom is 0.194 e. The maximum absolute atomic E-state index is 13.6. The monoisotopic (exact) mass is 412 g/mol. The fourth-order valence-corrected chi connectivity index (χ4v) is 5.44. The van der Waals surface area contributed by atoms with Crippen molar-refractivity contribution in [2.24, 2.45) is 11.8 Å². The summed E-state index contributed by atoms with van der Waals surface area (Å²) in [6.45, 7) is 1.66. The van der Waals surface area contributed by atoms with Gasteiger partial charge in [0.1, 0.15) is 17.7 Å². The fourth-order valence-electron chi connectivity index (χ4n) is 4.38. The van der Waals surface area contributed by atoms with Crippen molar-refractivity contribution in [2.45, 2.75) is 49.8 Å². The van der Waals surface area contributed by atoms with Crippen LogP contribution < -0.4 is 0 Å². The average molecular weight is 413 g/mol. The summed E-state index contributed by atoms with van der Waals surface area (Å²) in [4.78, 5) is 7.35. The van der Waals surface area contributed by atoms with E-state index in [2.05, 4.69) is 9.97 Å². The molecule has 5 nitrogen and oxygen atoms in total. The first-order valence-electron chi connectivity index (χ1n) is 9.11. The lowest BCUT2D eigenvalue weighted by Crippen LogP contribution is -2.40. The SMILES string of the molecule is Cc1[nH]c(C(O[C@@H]2C[C@@H]3CCC[C@@H]32)c2ccc(F)c(Cl)c2)nc1S(C)(=O)=O. The molecule has 0 saturated heterocycles. The summed E-state index contributed by atoms with van der Waals surface area (Å²) in [6, 6.07) is 4.42. The van der Waals surface area contributed by atoms with E-state index >= 15 is 0 Å². The lowest BCUT2D eigenvalue weighted by Gasteiger charge is -2.41. The van der Waals surface area contributed by atoms with Gasteiger partial charge in [0.15, 0.2) is 14.9 Å². The number of imidazole rings is 1. The van der Waals surface area contributed by atoms with Gasteiger partial charge in [-0.2, -0.15) is 0 Å². The van der Waals surface area contributed by atoms with Gasteiger partial charge in [-0.05, 0) is 55.7 Å². The molecule has 0 bridgehead atoms. The molecule has 4 atom stereocenters. The number of H-pyrrole nitrogens is 1. The molecule has 0 radical (unpaired) electrons. The minimum atomic E-state index is -3.46. The molecule has 27 heavy (non-hydrogen) atoms. The largest absolute Gasteiger partial charge is 0.362 e. The normalized spacial score (nSPS) is 25.9. The molecule has 2 aliphatic carbocycles. The van der Waals surface area contributed by atoms with Crippen LogP contribution in [0.3, 0.4) is 0 Å². The summed E-state index contributed by atoms with van der Waals surface area (Å²) < 4.78 is 43.9. The van der Waals surface area contributed by atoms with Gasteiger partial charge in [-0.25, -0.2) is 17.8 Å². The third kappa shape index (κ3) is 3.52. The predicted octanol–water partition coefficient (Wildman–Crippen LogP) is 4.21. The second-order valence-electron chi connectivity index (χ2n) is 7.64. The minimum absolute atomic E-state index is 0.0000620. The standard InChI is InChI=1S/C19H22ClFN2O3S/c1-10-19(27(2,24)25)23-18(22-10)17(12-6-7-15(21)14(20)8-12)26-16-9-11-4-3-5-13(11)16/h6-8,11,13,16-17H,3-5,9H2,1-2H3,(H,22,23)/t11-,13-,16+,17?/m0/s1. The first-order chi connectivity index (χ1) is 12.7. The minimum Gasteiger partial charge on any atom is -0.362 e. The Morgan fingerprint density at radius 1 is 1.37 bits per heavy atom. The van der Waals surface area contributed by atoms with Gasteiger partial charge >= 0.3 is 0 Å². The first kappa shape index (κ1) is 18.9. The molecule has 1 N–H and O–H groups in total. The molecule has 8 heteroatoms. The van der Waals surface area contributed by atoms with Crippen LogP contribution in [0.15, 0.2) is 23.2 Å². The third-order valence-electron chi connectivity index (χ3n) is 5.75. The second kappa shape index (κ2) is 6.87. The molecule has 1 unspecified atom stereocenters. The van der Waals surface area contributed by atoms with Crippen molar-refractivity contribution in [3.05, 3.63) is 46.1 Å². The number of nitrogens with zero attached hydrogens (tertiary/aromatic N) is 1. The summed E-state index contributed by atoms with van der Waals surface area (Å²) in [6.07, 6.45) is 5.21. The maximum atomic E-state index is 13.6. The van der Waals surface area contributed by atoms with Crippen molar-refractivity contribution in [1.29, 1.82) is 0 Å². The summed E-state index contributed by atoms with van der Waals surface area (Å²) in [5.74, 6) is 1.15. The smallest absolute Gasteiger partial charge is 0.194 e. The lowest BCUT2D eigenvalue weighted by atomic mass is 9.73. The van der Waals surface area contributed by atoms with E-state index in [9.17, 15) is 12.8 Å². The highest BCUT2D eigenvalue weighted by molar-refractivity contribution is 7.90. The first-order valence-corrected chi connectivity index (χ1v) is 11.4. The van der Waals surface area contributed by atoms with Crippen LogP contribution in [-0.2, 0) is 14.6 Å². The molecule has 2 saturated carbocycles. The molecule has 0 amide bonds. The summed E-state index contributed by atoms with van der Waals surface area (Å²) in [7, 11) is -3.46. The number of aryl methyl sites for hydroxylation is 1. The molecule has 2 fully saturated rings. The number of sulfone groups is 1. The quantitative estimate of drug-likeness (QED) is 0.798. The van der Waals surface area contributed by atoms with Gasteiger partial charge in [-0.3, -0.25) is 0 Å². The Kier molecular flexibility index (Phi) is 4.81. The molecule has 0 spiro atoms. The molecular formula is C19H22ClFN2O3S. The number of hydrogen-bond acceptors (Lipinski definition) is 4. The van der Waals surface area contributed by atoms with Crippen molar-refractivity contribution >= 4 is 21.4 Å². The molecule has 2 aliphatic rings. The van der Waals surface area contributed by atoms with E-state index < -0.39 is 21.8 Å². The van der Waals surface area contributed by atoms with Crippen LogP contribution in [0.5, 0.6) is 0 Å². The van der Waals surface area contributed by atoms with E-state index in [0.29, 0.717) is 23.0 Å². The third-order valence-corrected chi connectivity index (χ3v) is 7.14. The van der Waals surface area contributed by atoms with Gasteiger partial charge < -0.3 is 9.72 Å². The van der Waals surface area contributed by atoms with Crippen LogP contribution in [0.4, 0.5) is 4.39 Å². The summed E-state index contributed by atoms with van der Waals surface area (Å²) >= 11 is 5.97. The van der Waals surface area contributed by atoms with Crippen molar-refractivity contribution in [3.63, 3.8) is 0 Å². The van der Waals surface area contributed by atoms with Crippen LogP contribution in [0, 0.1) is 24.6 Å². The van der Waals surface area contributed by atoms with Gasteiger partial charge in [0, 0.05) is 6.26 Å². The highest BCUT2D eigenvalue weighted by Gasteiger charge is 2.46. The van der Waals surface area contributed by atoms with Crippen LogP contribution >= 0.6 is 11.6 Å². The summed E-state index contributed by atoms with van der Waals surface area (Å²) in [5, 5.41) is 0.00623. The van der Waals surface area contributed by atoms with E-state index in [1.54, 1.807) is 13.0 Å². The highest BCUT2D eigenvalue weighted by Crippen LogP contribution is 2.50. The van der Waals surface area contributed by atoms with Crippen LogP contribution in [-0.4, -0.2) is 30.7 Å². The Labute approximate surface area is 163 Å². The zero-order valence-corrected chi connectivity index (χ0v) is 16.8. The van der Waals surface area contributed by atoms with E-state index in [-0.39, 0.29) is 16.2 Å². The zero-order valence-electron chi connectivity index (χ0n) is 15.2. The average Bonchev–Trinajstić information content (AvgIpc) is 3.14. The molecule has 1 aromatic carbocycles. The van der Waals surface area contributed by atoms with Gasteiger partial charge in [-0.15, -0.1) is 0 Å². The molecule has 0 aliphatic heterocycles. The van der Waals surface area contributed by atoms with E-state index in [1.165, 1.54) is 25.0 Å². The van der Waals surface area contributed by atoms with E-state index in [4.69, 9.17) is 16.3 Å². The van der Waals surface area contributed by atoms with Crippen LogP contribution in [0.1, 0.15) is 48.9 Å². The fraction of sp³-hybridized carbons (Fsp3) is 0.526. The topological polar surface area (TPSA) is 72.0 Å². The Balaban J connectivity index is 1.70. The van der Waals surface area contributed by atoms with Gasteiger partial charge in [-0.1, -0.05) is 24.1 Å². The summed E-state index contributed by atoms with van der Waals surface area (Å²) in [5.41, 5.74) is 1.11. The number of ether oxygens (including phenoxy) is 1. The van der Waals surface area contributed by atoms with Gasteiger partial charge in [0.2, 0.25) is 0 Å². The Morgan fingerprint density at radius 2 is 2.15 bits per heavy atom. The number of hydrogen-bond donors (Lipinski definition) is 1. The Morgan fingerprint density at radius 3 is 2.78 bits per heavy atom. The molecular weight excluding hydrogens is 391 g/mol. The van der Waals surface area contributed by atoms with Crippen molar-refractivity contribution in [2.75, 3.05) is 6.26 Å². The molecule has 4 rings (SSSR count). The van der Waals surface area contributed by atoms with E-state index in [1.807, 2.05) is 0 Å². The van der Waals surface area contributed by atoms with Crippen molar-refractivity contribution in [3.8, 4) is 0 Å². The molecule has 1 heterocycles. The number of halogens is 2. The molecule has 146 valence electrons. The number of aromatic nitrogens is 2. The second-order valence-corrected chi connectivity index (χ2v) is 9.98. The lowest BCUT2D eigenvalue weighted by molar-refractivity contribution is -0.102. The molecule has 1 aromatic heterocycles. The molecule has 2 aromatic rings. The van der Waals surface area contributed by atoms with Crippen LogP contribution in [0.25, 0.3) is 0 Å². The van der Waals surface area contributed by atoms with E-state index in [0.717, 1.165) is 25.0 Å². The number of aromatic amines is 1. The number of fused-ring (bicyclic) bond motifs is 1. The number of benzene rings is 1. The highest BCUT2D eigenvalue weighted by atomic mass is 35.5. The number of nitrogens with one attached hydrogen (secondary N) is 1. The van der Waals surface area contributed by atoms with Crippen molar-refractivity contribution in [1.82, 2.24) is 9.97 Å². The zero-order chi connectivity index (χ0) is 19.3.